The van der Waals surface area contributed by atoms with E-state index in [2.05, 4.69) is 27.6 Å². The van der Waals surface area contributed by atoms with Crippen molar-refractivity contribution in [1.29, 1.82) is 0 Å². The van der Waals surface area contributed by atoms with Crippen molar-refractivity contribution in [3.05, 3.63) is 44.4 Å². The fraction of sp³-hybridized carbons (Fsp3) is 0. The predicted octanol–water partition coefficient (Wildman–Crippen LogP) is 3.43. The summed E-state index contributed by atoms with van der Waals surface area (Å²) in [6, 6.07) is 6.77. The first-order chi connectivity index (χ1) is 8.91. The first kappa shape index (κ1) is 14.0. The molecule has 0 atom stereocenters. The van der Waals surface area contributed by atoms with E-state index in [0.29, 0.717) is 5.56 Å². The number of halogens is 3. The number of hydrogen-bond donors (Lipinski definition) is 2. The molecule has 3 N–H and O–H groups in total. The lowest BCUT2D eigenvalue weighted by atomic mass is 10.1. The Bertz CT molecular complexity index is 662. The smallest absolute Gasteiger partial charge is 0.356 e. The lowest BCUT2D eigenvalue weighted by molar-refractivity contribution is 0.0691. The third-order valence-electron chi connectivity index (χ3n) is 2.43. The zero-order valence-electron chi connectivity index (χ0n) is 9.32. The summed E-state index contributed by atoms with van der Waals surface area (Å²) in [6.45, 7) is 0. The number of pyridine rings is 1. The first-order valence-corrected chi connectivity index (χ1v) is 6.51. The van der Waals surface area contributed by atoms with Crippen molar-refractivity contribution in [2.24, 2.45) is 0 Å². The molecule has 2 rings (SSSR count). The van der Waals surface area contributed by atoms with Crippen LogP contribution in [0.25, 0.3) is 11.3 Å². The number of benzene rings is 1. The molecule has 7 heteroatoms. The van der Waals surface area contributed by atoms with Crippen LogP contribution in [0.15, 0.2) is 24.3 Å². The molecule has 98 valence electrons. The molecule has 0 unspecified atom stereocenters. The van der Waals surface area contributed by atoms with Crippen molar-refractivity contribution in [1.82, 2.24) is 4.98 Å². The minimum absolute atomic E-state index is 0.129. The molecule has 0 saturated carbocycles. The summed E-state index contributed by atoms with van der Waals surface area (Å²) in [7, 11) is 0. The fourth-order valence-electron chi connectivity index (χ4n) is 1.50. The molecule has 0 fully saturated rings. The van der Waals surface area contributed by atoms with E-state index in [1.165, 1.54) is 0 Å². The van der Waals surface area contributed by atoms with Crippen LogP contribution in [0.4, 0.5) is 10.1 Å². The maximum atomic E-state index is 14.0. The summed E-state index contributed by atoms with van der Waals surface area (Å²) < 4.78 is 15.0. The molecule has 0 aliphatic rings. The monoisotopic (exact) mass is 392 g/mol. The molecule has 4 nitrogen and oxygen atoms in total. The Kier molecular flexibility index (Phi) is 3.91. The number of nitrogens with two attached hydrogens (primary N) is 1. The second kappa shape index (κ2) is 5.30. The van der Waals surface area contributed by atoms with Gasteiger partial charge < -0.3 is 10.8 Å². The number of nitrogen functional groups attached to an aromatic ring is 1. The number of carbonyl (C=O) groups is 1. The predicted molar refractivity (Wildman–Crippen MR) is 78.7 cm³/mol. The second-order valence-corrected chi connectivity index (χ2v) is 5.29. The molecule has 0 amide bonds. The Morgan fingerprint density at radius 1 is 1.37 bits per heavy atom. The Labute approximate surface area is 126 Å². The van der Waals surface area contributed by atoms with Crippen LogP contribution >= 0.6 is 34.2 Å². The van der Waals surface area contributed by atoms with E-state index in [-0.39, 0.29) is 10.7 Å². The average molecular weight is 393 g/mol. The largest absolute Gasteiger partial charge is 0.476 e. The van der Waals surface area contributed by atoms with Crippen LogP contribution in [-0.2, 0) is 0 Å². The molecule has 0 saturated heterocycles. The maximum Gasteiger partial charge on any atom is 0.356 e. The van der Waals surface area contributed by atoms with Crippen molar-refractivity contribution in [2.75, 3.05) is 5.73 Å². The molecule has 0 bridgehead atoms. The summed E-state index contributed by atoms with van der Waals surface area (Å²) in [5.41, 5.74) is 4.90. The Balaban J connectivity index is 2.70. The van der Waals surface area contributed by atoms with Crippen LogP contribution in [0.3, 0.4) is 0 Å². The summed E-state index contributed by atoms with van der Waals surface area (Å²) in [4.78, 5) is 14.7. The van der Waals surface area contributed by atoms with Crippen molar-refractivity contribution in [3.8, 4) is 11.3 Å². The molecule has 1 aromatic heterocycles. The number of nitrogens with zero attached hydrogens (tertiary/aromatic N) is 1. The van der Waals surface area contributed by atoms with E-state index < -0.39 is 23.2 Å². The van der Waals surface area contributed by atoms with Crippen molar-refractivity contribution in [3.63, 3.8) is 0 Å². The van der Waals surface area contributed by atoms with Gasteiger partial charge in [0.25, 0.3) is 0 Å². The lowest BCUT2D eigenvalue weighted by Gasteiger charge is -2.09. The van der Waals surface area contributed by atoms with Gasteiger partial charge in [-0.1, -0.05) is 23.7 Å². The normalized spacial score (nSPS) is 10.5. The van der Waals surface area contributed by atoms with Gasteiger partial charge in [-0.2, -0.15) is 0 Å². The highest BCUT2D eigenvalue weighted by Crippen LogP contribution is 2.32. The zero-order valence-corrected chi connectivity index (χ0v) is 12.2. The molecular formula is C12H7ClFIN2O2. The van der Waals surface area contributed by atoms with Gasteiger partial charge in [-0.3, -0.25) is 0 Å². The van der Waals surface area contributed by atoms with Crippen LogP contribution in [0.2, 0.25) is 5.02 Å². The fourth-order valence-corrected chi connectivity index (χ4v) is 2.07. The van der Waals surface area contributed by atoms with E-state index in [1.807, 2.05) is 0 Å². The van der Waals surface area contributed by atoms with Gasteiger partial charge in [0.05, 0.1) is 10.7 Å². The lowest BCUT2D eigenvalue weighted by Crippen LogP contribution is -2.08. The quantitative estimate of drug-likeness (QED) is 0.768. The van der Waals surface area contributed by atoms with E-state index >= 15 is 0 Å². The Morgan fingerprint density at radius 2 is 1.95 bits per heavy atom. The van der Waals surface area contributed by atoms with Gasteiger partial charge in [0.15, 0.2) is 11.5 Å². The van der Waals surface area contributed by atoms with Crippen LogP contribution < -0.4 is 5.73 Å². The number of rotatable bonds is 2. The minimum atomic E-state index is -1.36. The standard InChI is InChI=1S/C12H7ClFIN2O2/c13-7-9(16)8(14)10(17-11(7)12(18)19)5-1-3-6(15)4-2-5/h1-4H,(H2,16,17)(H,18,19). The summed E-state index contributed by atoms with van der Waals surface area (Å²) in [5.74, 6) is -2.18. The van der Waals surface area contributed by atoms with Gasteiger partial charge in [0, 0.05) is 9.13 Å². The first-order valence-electron chi connectivity index (χ1n) is 5.05. The van der Waals surface area contributed by atoms with Crippen molar-refractivity contribution < 1.29 is 14.3 Å². The van der Waals surface area contributed by atoms with E-state index in [1.54, 1.807) is 24.3 Å². The third kappa shape index (κ3) is 2.64. The second-order valence-electron chi connectivity index (χ2n) is 3.66. The molecule has 0 spiro atoms. The van der Waals surface area contributed by atoms with E-state index in [9.17, 15) is 9.18 Å². The van der Waals surface area contributed by atoms with Gasteiger partial charge in [-0.05, 0) is 34.7 Å². The highest BCUT2D eigenvalue weighted by Gasteiger charge is 2.21. The molecule has 0 aliphatic carbocycles. The SMILES string of the molecule is Nc1c(F)c(-c2ccc(I)cc2)nc(C(=O)O)c1Cl. The number of hydrogen-bond acceptors (Lipinski definition) is 3. The molecule has 19 heavy (non-hydrogen) atoms. The molecule has 1 heterocycles. The third-order valence-corrected chi connectivity index (χ3v) is 3.53. The summed E-state index contributed by atoms with van der Waals surface area (Å²) in [5, 5.41) is 8.58. The molecule has 0 radical (unpaired) electrons. The number of carboxylic acid groups (broad SMARTS) is 1. The number of aromatic nitrogens is 1. The highest BCUT2D eigenvalue weighted by molar-refractivity contribution is 14.1. The van der Waals surface area contributed by atoms with Crippen molar-refractivity contribution in [2.45, 2.75) is 0 Å². The molecule has 2 aromatic rings. The number of carboxylic acids is 1. The number of aromatic carboxylic acids is 1. The highest BCUT2D eigenvalue weighted by atomic mass is 127. The Hall–Kier alpha value is -1.41. The van der Waals surface area contributed by atoms with Crippen LogP contribution in [-0.4, -0.2) is 16.1 Å². The van der Waals surface area contributed by atoms with Gasteiger partial charge in [-0.25, -0.2) is 14.2 Å². The van der Waals surface area contributed by atoms with Gasteiger partial charge in [-0.15, -0.1) is 0 Å². The molecular weight excluding hydrogens is 385 g/mol. The number of anilines is 1. The van der Waals surface area contributed by atoms with Crippen molar-refractivity contribution >= 4 is 45.8 Å². The maximum absolute atomic E-state index is 14.0. The Morgan fingerprint density at radius 3 is 2.47 bits per heavy atom. The van der Waals surface area contributed by atoms with Gasteiger partial charge in [0.1, 0.15) is 5.69 Å². The van der Waals surface area contributed by atoms with Gasteiger partial charge in [0.2, 0.25) is 0 Å². The summed E-state index contributed by atoms with van der Waals surface area (Å²) in [6.07, 6.45) is 0. The van der Waals surface area contributed by atoms with Crippen LogP contribution in [0.5, 0.6) is 0 Å². The zero-order chi connectivity index (χ0) is 14.2. The van der Waals surface area contributed by atoms with Gasteiger partial charge >= 0.3 is 5.97 Å². The average Bonchev–Trinajstić information content (AvgIpc) is 2.37. The molecule has 0 aliphatic heterocycles. The topological polar surface area (TPSA) is 76.2 Å². The molecule has 1 aromatic carbocycles. The summed E-state index contributed by atoms with van der Waals surface area (Å²) >= 11 is 7.77. The van der Waals surface area contributed by atoms with E-state index in [0.717, 1.165) is 3.57 Å². The minimum Gasteiger partial charge on any atom is -0.476 e. The van der Waals surface area contributed by atoms with Crippen LogP contribution in [0, 0.1) is 9.39 Å². The van der Waals surface area contributed by atoms with E-state index in [4.69, 9.17) is 22.4 Å². The van der Waals surface area contributed by atoms with Crippen LogP contribution in [0.1, 0.15) is 10.5 Å².